The highest BCUT2D eigenvalue weighted by molar-refractivity contribution is 7.15. The highest BCUT2D eigenvalue weighted by atomic mass is 32.1. The van der Waals surface area contributed by atoms with Crippen molar-refractivity contribution in [1.29, 1.82) is 0 Å². The summed E-state index contributed by atoms with van der Waals surface area (Å²) < 4.78 is 0. The molecule has 1 aliphatic carbocycles. The number of benzene rings is 1. The third kappa shape index (κ3) is 3.19. The van der Waals surface area contributed by atoms with Gasteiger partial charge in [0.25, 0.3) is 5.56 Å². The van der Waals surface area contributed by atoms with E-state index < -0.39 is 0 Å². The molecule has 1 aromatic carbocycles. The van der Waals surface area contributed by atoms with Crippen molar-refractivity contribution in [2.75, 3.05) is 5.32 Å². The van der Waals surface area contributed by atoms with E-state index in [2.05, 4.69) is 27.4 Å². The number of H-pyrrole nitrogens is 1. The third-order valence-corrected chi connectivity index (χ3v) is 5.57. The summed E-state index contributed by atoms with van der Waals surface area (Å²) in [6, 6.07) is 7.17. The molecule has 0 radical (unpaired) electrons. The van der Waals surface area contributed by atoms with E-state index in [0.29, 0.717) is 27.5 Å². The number of hydrogen-bond acceptors (Lipinski definition) is 5. The van der Waals surface area contributed by atoms with Crippen LogP contribution in [0.2, 0.25) is 0 Å². The summed E-state index contributed by atoms with van der Waals surface area (Å²) in [5, 5.41) is 11.3. The van der Waals surface area contributed by atoms with Crippen molar-refractivity contribution in [3.8, 4) is 0 Å². The van der Waals surface area contributed by atoms with Crippen LogP contribution in [0, 0.1) is 5.92 Å². The van der Waals surface area contributed by atoms with Crippen LogP contribution in [0.25, 0.3) is 10.8 Å². The largest absolute Gasteiger partial charge is 0.302 e. The second-order valence-corrected chi connectivity index (χ2v) is 7.59. The molecule has 128 valence electrons. The summed E-state index contributed by atoms with van der Waals surface area (Å²) >= 11 is 1.56. The lowest BCUT2D eigenvalue weighted by Gasteiger charge is -2.15. The lowest BCUT2D eigenvalue weighted by Crippen LogP contribution is -2.18. The van der Waals surface area contributed by atoms with Crippen LogP contribution in [0.1, 0.15) is 29.6 Å². The SMILES string of the molecule is CC1CCc2nc(NC(=O)Cc3n[nH]c(=O)c4ccccc34)sc2C1. The standard InChI is InChI=1S/C18H18N4O2S/c1-10-6-7-13-15(8-10)25-18(19-13)20-16(23)9-14-11-4-2-3-5-12(11)17(24)22-21-14/h2-5,10H,6-9H2,1H3,(H,22,24)(H,19,20,23). The molecular weight excluding hydrogens is 336 g/mol. The van der Waals surface area contributed by atoms with Crippen molar-refractivity contribution in [3.63, 3.8) is 0 Å². The van der Waals surface area contributed by atoms with E-state index in [1.807, 2.05) is 12.1 Å². The molecule has 2 aromatic heterocycles. The van der Waals surface area contributed by atoms with Crippen molar-refractivity contribution < 1.29 is 4.79 Å². The topological polar surface area (TPSA) is 87.7 Å². The van der Waals surface area contributed by atoms with Gasteiger partial charge in [0.2, 0.25) is 5.91 Å². The summed E-state index contributed by atoms with van der Waals surface area (Å²) in [7, 11) is 0. The van der Waals surface area contributed by atoms with E-state index in [1.165, 1.54) is 4.88 Å². The summed E-state index contributed by atoms with van der Waals surface area (Å²) in [6.45, 7) is 2.24. The minimum absolute atomic E-state index is 0.0952. The molecular formula is C18H18N4O2S. The molecule has 0 spiro atoms. The molecule has 1 aliphatic rings. The maximum atomic E-state index is 12.4. The van der Waals surface area contributed by atoms with Crippen LogP contribution in [-0.2, 0) is 24.1 Å². The van der Waals surface area contributed by atoms with Gasteiger partial charge in [-0.15, -0.1) is 11.3 Å². The molecule has 25 heavy (non-hydrogen) atoms. The highest BCUT2D eigenvalue weighted by Crippen LogP contribution is 2.32. The average Bonchev–Trinajstić information content (AvgIpc) is 2.99. The minimum Gasteiger partial charge on any atom is -0.302 e. The molecule has 1 amide bonds. The predicted octanol–water partition coefficient (Wildman–Crippen LogP) is 2.69. The van der Waals surface area contributed by atoms with E-state index in [9.17, 15) is 9.59 Å². The number of thiazole rings is 1. The molecule has 1 atom stereocenters. The first-order valence-corrected chi connectivity index (χ1v) is 9.16. The zero-order chi connectivity index (χ0) is 17.4. The second-order valence-electron chi connectivity index (χ2n) is 6.51. The van der Waals surface area contributed by atoms with Crippen LogP contribution < -0.4 is 10.9 Å². The summed E-state index contributed by atoms with van der Waals surface area (Å²) in [6.07, 6.45) is 3.26. The van der Waals surface area contributed by atoms with Gasteiger partial charge in [-0.3, -0.25) is 9.59 Å². The highest BCUT2D eigenvalue weighted by Gasteiger charge is 2.20. The van der Waals surface area contributed by atoms with E-state index in [4.69, 9.17) is 0 Å². The zero-order valence-corrected chi connectivity index (χ0v) is 14.7. The minimum atomic E-state index is -0.249. The Morgan fingerprint density at radius 1 is 1.36 bits per heavy atom. The van der Waals surface area contributed by atoms with Crippen LogP contribution in [0.5, 0.6) is 0 Å². The van der Waals surface area contributed by atoms with Gasteiger partial charge < -0.3 is 5.32 Å². The van der Waals surface area contributed by atoms with Crippen molar-refractivity contribution in [2.45, 2.75) is 32.6 Å². The quantitative estimate of drug-likeness (QED) is 0.757. The van der Waals surface area contributed by atoms with Gasteiger partial charge in [-0.2, -0.15) is 5.10 Å². The third-order valence-electron chi connectivity index (χ3n) is 4.54. The van der Waals surface area contributed by atoms with Gasteiger partial charge in [-0.25, -0.2) is 10.1 Å². The number of aromatic amines is 1. The Hall–Kier alpha value is -2.54. The number of hydrogen-bond donors (Lipinski definition) is 2. The van der Waals surface area contributed by atoms with Crippen LogP contribution >= 0.6 is 11.3 Å². The predicted molar refractivity (Wildman–Crippen MR) is 98.0 cm³/mol. The molecule has 1 unspecified atom stereocenters. The first-order valence-electron chi connectivity index (χ1n) is 8.35. The Kier molecular flexibility index (Phi) is 4.09. The molecule has 2 N–H and O–H groups in total. The molecule has 0 bridgehead atoms. The fraction of sp³-hybridized carbons (Fsp3) is 0.333. The number of aryl methyl sites for hydroxylation is 1. The molecule has 0 saturated heterocycles. The molecule has 6 nitrogen and oxygen atoms in total. The van der Waals surface area contributed by atoms with Gasteiger partial charge in [0, 0.05) is 10.3 Å². The normalized spacial score (nSPS) is 16.6. The second kappa shape index (κ2) is 6.40. The molecule has 7 heteroatoms. The van der Waals surface area contributed by atoms with E-state index in [0.717, 1.165) is 25.0 Å². The van der Waals surface area contributed by atoms with Gasteiger partial charge in [-0.1, -0.05) is 25.1 Å². The van der Waals surface area contributed by atoms with Crippen molar-refractivity contribution >= 4 is 33.1 Å². The Labute approximate surface area is 148 Å². The lowest BCUT2D eigenvalue weighted by molar-refractivity contribution is -0.115. The number of rotatable bonds is 3. The summed E-state index contributed by atoms with van der Waals surface area (Å²) in [4.78, 5) is 30.1. The smallest absolute Gasteiger partial charge is 0.272 e. The number of carbonyl (C=O) groups is 1. The Bertz CT molecular complexity index is 1010. The van der Waals surface area contributed by atoms with Crippen molar-refractivity contribution in [1.82, 2.24) is 15.2 Å². The lowest BCUT2D eigenvalue weighted by atomic mass is 9.93. The van der Waals surface area contributed by atoms with E-state index in [1.54, 1.807) is 23.5 Å². The molecule has 3 aromatic rings. The van der Waals surface area contributed by atoms with Crippen molar-refractivity contribution in [2.24, 2.45) is 5.92 Å². The zero-order valence-electron chi connectivity index (χ0n) is 13.8. The molecule has 4 rings (SSSR count). The molecule has 0 saturated carbocycles. The number of amides is 1. The summed E-state index contributed by atoms with van der Waals surface area (Å²) in [5.74, 6) is 0.497. The summed E-state index contributed by atoms with van der Waals surface area (Å²) in [5.41, 5.74) is 1.43. The average molecular weight is 354 g/mol. The van der Waals surface area contributed by atoms with E-state index >= 15 is 0 Å². The Morgan fingerprint density at radius 3 is 3.00 bits per heavy atom. The number of carbonyl (C=O) groups excluding carboxylic acids is 1. The van der Waals surface area contributed by atoms with Gasteiger partial charge in [0.05, 0.1) is 23.2 Å². The number of fused-ring (bicyclic) bond motifs is 2. The number of nitrogens with zero attached hydrogens (tertiary/aromatic N) is 2. The Morgan fingerprint density at radius 2 is 2.16 bits per heavy atom. The van der Waals surface area contributed by atoms with Crippen LogP contribution in [0.3, 0.4) is 0 Å². The van der Waals surface area contributed by atoms with Crippen LogP contribution in [-0.4, -0.2) is 21.1 Å². The fourth-order valence-electron chi connectivity index (χ4n) is 3.22. The first kappa shape index (κ1) is 16.0. The molecule has 0 fully saturated rings. The van der Waals surface area contributed by atoms with Gasteiger partial charge >= 0.3 is 0 Å². The molecule has 2 heterocycles. The van der Waals surface area contributed by atoms with E-state index in [-0.39, 0.29) is 17.9 Å². The number of nitrogens with one attached hydrogen (secondary N) is 2. The van der Waals surface area contributed by atoms with Crippen LogP contribution in [0.4, 0.5) is 5.13 Å². The maximum Gasteiger partial charge on any atom is 0.272 e. The first-order chi connectivity index (χ1) is 12.1. The number of aromatic nitrogens is 3. The van der Waals surface area contributed by atoms with Gasteiger partial charge in [0.15, 0.2) is 5.13 Å². The molecule has 0 aliphatic heterocycles. The Balaban J connectivity index is 1.54. The number of anilines is 1. The maximum absolute atomic E-state index is 12.4. The van der Waals surface area contributed by atoms with Crippen LogP contribution in [0.15, 0.2) is 29.1 Å². The van der Waals surface area contributed by atoms with Gasteiger partial charge in [-0.05, 0) is 31.2 Å². The fourth-order valence-corrected chi connectivity index (χ4v) is 4.40. The van der Waals surface area contributed by atoms with Gasteiger partial charge in [0.1, 0.15) is 0 Å². The van der Waals surface area contributed by atoms with Crippen molar-refractivity contribution in [3.05, 3.63) is 50.9 Å². The monoisotopic (exact) mass is 354 g/mol.